The van der Waals surface area contributed by atoms with Crippen molar-refractivity contribution in [2.75, 3.05) is 6.54 Å². The average molecular weight is 276 g/mol. The largest absolute Gasteiger partial charge is 0.359 e. The lowest BCUT2D eigenvalue weighted by Crippen LogP contribution is -2.27. The van der Waals surface area contributed by atoms with Crippen LogP contribution in [0.25, 0.3) is 0 Å². The van der Waals surface area contributed by atoms with Crippen molar-refractivity contribution in [3.8, 4) is 0 Å². The number of likely N-dealkylation sites (tertiary alicyclic amines) is 1. The van der Waals surface area contributed by atoms with Crippen LogP contribution in [0.1, 0.15) is 48.1 Å². The van der Waals surface area contributed by atoms with Crippen LogP contribution in [0.15, 0.2) is 28.1 Å². The lowest BCUT2D eigenvalue weighted by Gasteiger charge is -2.27. The van der Waals surface area contributed by atoms with Gasteiger partial charge in [0, 0.05) is 17.5 Å². The summed E-state index contributed by atoms with van der Waals surface area (Å²) in [6.07, 6.45) is 5.07. The first kappa shape index (κ1) is 12.9. The first-order valence-electron chi connectivity index (χ1n) is 7.02. The average Bonchev–Trinajstić information content (AvgIpc) is 2.99. The summed E-state index contributed by atoms with van der Waals surface area (Å²) in [6.45, 7) is 4.18. The molecule has 0 aromatic carbocycles. The zero-order valence-corrected chi connectivity index (χ0v) is 12.2. The van der Waals surface area contributed by atoms with Gasteiger partial charge in [-0.05, 0) is 37.8 Å². The molecule has 1 aliphatic heterocycles. The molecule has 19 heavy (non-hydrogen) atoms. The van der Waals surface area contributed by atoms with Crippen LogP contribution < -0.4 is 0 Å². The quantitative estimate of drug-likeness (QED) is 0.843. The maximum atomic E-state index is 5.52. The standard InChI is InChI=1S/C15H20N2OS/c1-12-10-15(18-16-12)14-7-3-2-4-8-17(14)11-13-6-5-9-19-13/h5-6,9-10,14H,2-4,7-8,11H2,1H3/t14-/m0/s1. The van der Waals surface area contributed by atoms with Gasteiger partial charge < -0.3 is 4.52 Å². The zero-order chi connectivity index (χ0) is 13.1. The minimum absolute atomic E-state index is 0.394. The fourth-order valence-corrected chi connectivity index (χ4v) is 3.55. The second-order valence-electron chi connectivity index (χ2n) is 5.29. The summed E-state index contributed by atoms with van der Waals surface area (Å²) in [4.78, 5) is 3.99. The number of hydrogen-bond acceptors (Lipinski definition) is 4. The fourth-order valence-electron chi connectivity index (χ4n) is 2.82. The molecule has 2 aromatic heterocycles. The van der Waals surface area contributed by atoms with Crippen molar-refractivity contribution in [1.29, 1.82) is 0 Å². The van der Waals surface area contributed by atoms with Crippen molar-refractivity contribution < 1.29 is 4.52 Å². The summed E-state index contributed by atoms with van der Waals surface area (Å²) in [6, 6.07) is 6.84. The predicted molar refractivity (Wildman–Crippen MR) is 77.2 cm³/mol. The van der Waals surface area contributed by atoms with Gasteiger partial charge in [-0.25, -0.2) is 0 Å². The summed E-state index contributed by atoms with van der Waals surface area (Å²) >= 11 is 1.84. The molecular formula is C15H20N2OS. The monoisotopic (exact) mass is 276 g/mol. The number of thiophene rings is 1. The maximum Gasteiger partial charge on any atom is 0.154 e. The van der Waals surface area contributed by atoms with Crippen molar-refractivity contribution >= 4 is 11.3 Å². The molecule has 1 atom stereocenters. The summed E-state index contributed by atoms with van der Waals surface area (Å²) < 4.78 is 5.52. The van der Waals surface area contributed by atoms with E-state index in [9.17, 15) is 0 Å². The molecule has 3 rings (SSSR count). The van der Waals surface area contributed by atoms with Crippen LogP contribution in [0.5, 0.6) is 0 Å². The lowest BCUT2D eigenvalue weighted by molar-refractivity contribution is 0.161. The van der Waals surface area contributed by atoms with Gasteiger partial charge in [0.1, 0.15) is 0 Å². The van der Waals surface area contributed by atoms with Gasteiger partial charge in [-0.15, -0.1) is 11.3 Å². The van der Waals surface area contributed by atoms with E-state index >= 15 is 0 Å². The van der Waals surface area contributed by atoms with E-state index in [0.717, 1.165) is 24.5 Å². The van der Waals surface area contributed by atoms with Gasteiger partial charge >= 0.3 is 0 Å². The topological polar surface area (TPSA) is 29.3 Å². The number of nitrogens with zero attached hydrogens (tertiary/aromatic N) is 2. The number of aryl methyl sites for hydroxylation is 1. The van der Waals surface area contributed by atoms with Crippen LogP contribution in [-0.4, -0.2) is 16.6 Å². The molecule has 1 saturated heterocycles. The highest BCUT2D eigenvalue weighted by atomic mass is 32.1. The van der Waals surface area contributed by atoms with Gasteiger partial charge in [-0.2, -0.15) is 0 Å². The summed E-state index contributed by atoms with van der Waals surface area (Å²) in [5.74, 6) is 1.04. The van der Waals surface area contributed by atoms with E-state index in [1.54, 1.807) is 0 Å². The highest BCUT2D eigenvalue weighted by Crippen LogP contribution is 2.32. The molecule has 0 spiro atoms. The van der Waals surface area contributed by atoms with Crippen LogP contribution in [0, 0.1) is 6.92 Å². The Bertz CT molecular complexity index is 506. The molecule has 0 saturated carbocycles. The fraction of sp³-hybridized carbons (Fsp3) is 0.533. The summed E-state index contributed by atoms with van der Waals surface area (Å²) in [5.41, 5.74) is 0.982. The van der Waals surface area contributed by atoms with Gasteiger partial charge in [0.25, 0.3) is 0 Å². The Hall–Kier alpha value is -1.13. The highest BCUT2D eigenvalue weighted by Gasteiger charge is 2.26. The van der Waals surface area contributed by atoms with Crippen LogP contribution in [0.2, 0.25) is 0 Å². The Morgan fingerprint density at radius 1 is 1.42 bits per heavy atom. The molecule has 0 radical (unpaired) electrons. The van der Waals surface area contributed by atoms with Gasteiger partial charge in [0.15, 0.2) is 5.76 Å². The van der Waals surface area contributed by atoms with E-state index in [0.29, 0.717) is 6.04 Å². The van der Waals surface area contributed by atoms with Crippen LogP contribution >= 0.6 is 11.3 Å². The molecule has 0 aliphatic carbocycles. The highest BCUT2D eigenvalue weighted by molar-refractivity contribution is 7.09. The molecule has 0 N–H and O–H groups in total. The Morgan fingerprint density at radius 2 is 2.37 bits per heavy atom. The molecule has 3 heterocycles. The third-order valence-electron chi connectivity index (χ3n) is 3.78. The van der Waals surface area contributed by atoms with Crippen molar-refractivity contribution in [2.45, 2.75) is 45.2 Å². The van der Waals surface area contributed by atoms with Crippen LogP contribution in [-0.2, 0) is 6.54 Å². The summed E-state index contributed by atoms with van der Waals surface area (Å²) in [7, 11) is 0. The predicted octanol–water partition coefficient (Wildman–Crippen LogP) is 4.16. The van der Waals surface area contributed by atoms with E-state index in [4.69, 9.17) is 4.52 Å². The third kappa shape index (κ3) is 3.07. The first-order valence-corrected chi connectivity index (χ1v) is 7.90. The molecule has 3 nitrogen and oxygen atoms in total. The van der Waals surface area contributed by atoms with Crippen molar-refractivity contribution in [2.24, 2.45) is 0 Å². The first-order chi connectivity index (χ1) is 9.33. The molecule has 4 heteroatoms. The van der Waals surface area contributed by atoms with Gasteiger partial charge in [0.2, 0.25) is 0 Å². The molecule has 0 amide bonds. The smallest absolute Gasteiger partial charge is 0.154 e. The van der Waals surface area contributed by atoms with Crippen LogP contribution in [0.3, 0.4) is 0 Å². The van der Waals surface area contributed by atoms with Gasteiger partial charge in [-0.1, -0.05) is 24.1 Å². The van der Waals surface area contributed by atoms with E-state index in [1.807, 2.05) is 18.3 Å². The molecule has 102 valence electrons. The van der Waals surface area contributed by atoms with E-state index in [-0.39, 0.29) is 0 Å². The summed E-state index contributed by atoms with van der Waals surface area (Å²) in [5, 5.41) is 6.21. The molecule has 1 aliphatic rings. The maximum absolute atomic E-state index is 5.52. The second-order valence-corrected chi connectivity index (χ2v) is 6.32. The Kier molecular flexibility index (Phi) is 3.99. The number of rotatable bonds is 3. The Morgan fingerprint density at radius 3 is 3.11 bits per heavy atom. The Balaban J connectivity index is 1.80. The van der Waals surface area contributed by atoms with E-state index < -0.39 is 0 Å². The van der Waals surface area contributed by atoms with Crippen molar-refractivity contribution in [1.82, 2.24) is 10.1 Å². The van der Waals surface area contributed by atoms with E-state index in [2.05, 4.69) is 33.6 Å². The van der Waals surface area contributed by atoms with Gasteiger partial charge in [0.05, 0.1) is 11.7 Å². The molecule has 0 unspecified atom stereocenters. The lowest BCUT2D eigenvalue weighted by atomic mass is 10.1. The number of hydrogen-bond donors (Lipinski definition) is 0. The van der Waals surface area contributed by atoms with Crippen LogP contribution in [0.4, 0.5) is 0 Å². The van der Waals surface area contributed by atoms with E-state index in [1.165, 1.54) is 30.6 Å². The second kappa shape index (κ2) is 5.88. The minimum atomic E-state index is 0.394. The SMILES string of the molecule is Cc1cc([C@@H]2CCCCCN2Cc2cccs2)on1. The molecule has 2 aromatic rings. The minimum Gasteiger partial charge on any atom is -0.359 e. The van der Waals surface area contributed by atoms with Crippen molar-refractivity contribution in [3.05, 3.63) is 39.9 Å². The van der Waals surface area contributed by atoms with Gasteiger partial charge in [-0.3, -0.25) is 4.90 Å². The molecule has 0 bridgehead atoms. The zero-order valence-electron chi connectivity index (χ0n) is 11.3. The molecule has 1 fully saturated rings. The van der Waals surface area contributed by atoms with Crippen molar-refractivity contribution in [3.63, 3.8) is 0 Å². The number of aromatic nitrogens is 1. The third-order valence-corrected chi connectivity index (χ3v) is 4.64. The Labute approximate surface area is 118 Å². The normalized spacial score (nSPS) is 21.4. The molecular weight excluding hydrogens is 256 g/mol.